The van der Waals surface area contributed by atoms with Crippen LogP contribution in [-0.2, 0) is 0 Å². The second-order valence-corrected chi connectivity index (χ2v) is 5.90. The van der Waals surface area contributed by atoms with E-state index in [1.165, 1.54) is 6.42 Å². The van der Waals surface area contributed by atoms with Gasteiger partial charge in [-0.3, -0.25) is 0 Å². The molecule has 0 fully saturated rings. The fourth-order valence-corrected chi connectivity index (χ4v) is 1.22. The van der Waals surface area contributed by atoms with Crippen molar-refractivity contribution in [2.24, 2.45) is 11.3 Å². The molecule has 0 aromatic heterocycles. The highest BCUT2D eigenvalue weighted by Crippen LogP contribution is 2.28. The van der Waals surface area contributed by atoms with Crippen molar-refractivity contribution in [2.45, 2.75) is 60.4 Å². The van der Waals surface area contributed by atoms with Crippen LogP contribution in [0.3, 0.4) is 0 Å². The van der Waals surface area contributed by atoms with Crippen LogP contribution in [0.1, 0.15) is 54.9 Å². The number of hydrogen-bond donors (Lipinski definition) is 1. The van der Waals surface area contributed by atoms with Gasteiger partial charge in [0, 0.05) is 12.1 Å². The molecule has 0 saturated heterocycles. The molecular formula is C12H27N. The van der Waals surface area contributed by atoms with Crippen molar-refractivity contribution in [3.05, 3.63) is 0 Å². The van der Waals surface area contributed by atoms with Gasteiger partial charge in [0.05, 0.1) is 0 Å². The Balaban J connectivity index is 4.03. The second kappa shape index (κ2) is 4.45. The molecule has 1 N–H and O–H groups in total. The maximum atomic E-state index is 3.58. The molecule has 0 radical (unpaired) electrons. The molecule has 0 amide bonds. The first-order chi connectivity index (χ1) is 5.69. The van der Waals surface area contributed by atoms with Crippen LogP contribution >= 0.6 is 0 Å². The molecule has 0 aliphatic carbocycles. The lowest BCUT2D eigenvalue weighted by Crippen LogP contribution is -2.43. The van der Waals surface area contributed by atoms with Crippen molar-refractivity contribution in [3.63, 3.8) is 0 Å². The monoisotopic (exact) mass is 185 g/mol. The molecule has 0 aromatic rings. The van der Waals surface area contributed by atoms with E-state index in [1.54, 1.807) is 0 Å². The van der Waals surface area contributed by atoms with E-state index in [0.29, 0.717) is 5.41 Å². The normalized spacial score (nSPS) is 15.9. The maximum Gasteiger partial charge on any atom is 0.00967 e. The molecule has 0 saturated carbocycles. The fraction of sp³-hybridized carbons (Fsp3) is 1.00. The smallest absolute Gasteiger partial charge is 0.00967 e. The van der Waals surface area contributed by atoms with Crippen LogP contribution in [0.2, 0.25) is 0 Å². The van der Waals surface area contributed by atoms with Crippen LogP contribution in [0.15, 0.2) is 0 Å². The molecule has 80 valence electrons. The first kappa shape index (κ1) is 13.0. The van der Waals surface area contributed by atoms with Crippen LogP contribution in [0, 0.1) is 11.3 Å². The molecule has 0 heterocycles. The van der Waals surface area contributed by atoms with Crippen LogP contribution < -0.4 is 5.32 Å². The average molecular weight is 185 g/mol. The number of hydrogen-bond acceptors (Lipinski definition) is 1. The van der Waals surface area contributed by atoms with Crippen molar-refractivity contribution in [1.82, 2.24) is 5.32 Å². The molecule has 13 heavy (non-hydrogen) atoms. The molecule has 0 bridgehead atoms. The highest BCUT2D eigenvalue weighted by Gasteiger charge is 2.25. The molecule has 1 unspecified atom stereocenters. The van der Waals surface area contributed by atoms with Crippen molar-refractivity contribution in [3.8, 4) is 0 Å². The van der Waals surface area contributed by atoms with Crippen LogP contribution in [0.25, 0.3) is 0 Å². The van der Waals surface area contributed by atoms with E-state index in [-0.39, 0.29) is 5.54 Å². The molecule has 0 aromatic carbocycles. The lowest BCUT2D eigenvalue weighted by atomic mass is 9.78. The van der Waals surface area contributed by atoms with E-state index in [0.717, 1.165) is 12.5 Å². The van der Waals surface area contributed by atoms with Crippen molar-refractivity contribution >= 4 is 0 Å². The zero-order valence-corrected chi connectivity index (χ0v) is 10.5. The maximum absolute atomic E-state index is 3.58. The van der Waals surface area contributed by atoms with E-state index in [2.05, 4.69) is 53.8 Å². The molecule has 0 rings (SSSR count). The average Bonchev–Trinajstić information content (AvgIpc) is 1.98. The lowest BCUT2D eigenvalue weighted by Gasteiger charge is -2.35. The van der Waals surface area contributed by atoms with E-state index in [1.807, 2.05) is 0 Å². The van der Waals surface area contributed by atoms with Gasteiger partial charge in [-0.1, -0.05) is 34.1 Å². The van der Waals surface area contributed by atoms with Crippen molar-refractivity contribution in [2.75, 3.05) is 6.54 Å². The van der Waals surface area contributed by atoms with E-state index in [9.17, 15) is 0 Å². The molecule has 1 heteroatoms. The summed E-state index contributed by atoms with van der Waals surface area (Å²) in [5.41, 5.74) is 0.646. The third kappa shape index (κ3) is 5.30. The van der Waals surface area contributed by atoms with Gasteiger partial charge in [0.2, 0.25) is 0 Å². The minimum absolute atomic E-state index is 0.241. The molecule has 1 nitrogen and oxygen atoms in total. The zero-order valence-electron chi connectivity index (χ0n) is 10.5. The summed E-state index contributed by atoms with van der Waals surface area (Å²) in [6, 6.07) is 0. The van der Waals surface area contributed by atoms with Crippen LogP contribution in [0.4, 0.5) is 0 Å². The highest BCUT2D eigenvalue weighted by molar-refractivity contribution is 4.81. The van der Waals surface area contributed by atoms with Gasteiger partial charge in [-0.25, -0.2) is 0 Å². The van der Waals surface area contributed by atoms with Gasteiger partial charge in [0.1, 0.15) is 0 Å². The molecular weight excluding hydrogens is 158 g/mol. The summed E-state index contributed by atoms with van der Waals surface area (Å²) >= 11 is 0. The molecule has 0 aliphatic rings. The van der Waals surface area contributed by atoms with Gasteiger partial charge in [0.15, 0.2) is 0 Å². The number of rotatable bonds is 4. The van der Waals surface area contributed by atoms with Gasteiger partial charge in [0.25, 0.3) is 0 Å². The highest BCUT2D eigenvalue weighted by atomic mass is 15.0. The summed E-state index contributed by atoms with van der Waals surface area (Å²) in [7, 11) is 0. The predicted molar refractivity (Wildman–Crippen MR) is 61.0 cm³/mol. The Kier molecular flexibility index (Phi) is 4.44. The van der Waals surface area contributed by atoms with Gasteiger partial charge in [-0.05, 0) is 32.1 Å². The summed E-state index contributed by atoms with van der Waals surface area (Å²) in [6.45, 7) is 17.1. The first-order valence-electron chi connectivity index (χ1n) is 5.44. The minimum atomic E-state index is 0.241. The Morgan fingerprint density at radius 1 is 1.08 bits per heavy atom. The van der Waals surface area contributed by atoms with E-state index < -0.39 is 0 Å². The second-order valence-electron chi connectivity index (χ2n) is 5.90. The molecule has 1 atom stereocenters. The van der Waals surface area contributed by atoms with E-state index in [4.69, 9.17) is 0 Å². The third-order valence-electron chi connectivity index (χ3n) is 3.02. The lowest BCUT2D eigenvalue weighted by molar-refractivity contribution is 0.196. The third-order valence-corrected chi connectivity index (χ3v) is 3.02. The van der Waals surface area contributed by atoms with Gasteiger partial charge >= 0.3 is 0 Å². The van der Waals surface area contributed by atoms with Crippen LogP contribution in [-0.4, -0.2) is 12.1 Å². The number of nitrogens with one attached hydrogen (secondary N) is 1. The Morgan fingerprint density at radius 2 is 1.54 bits per heavy atom. The van der Waals surface area contributed by atoms with Gasteiger partial charge in [-0.15, -0.1) is 0 Å². The summed E-state index contributed by atoms with van der Waals surface area (Å²) in [5.74, 6) is 0.780. The minimum Gasteiger partial charge on any atom is -0.312 e. The van der Waals surface area contributed by atoms with Gasteiger partial charge in [-0.2, -0.15) is 0 Å². The molecule has 0 aliphatic heterocycles. The van der Waals surface area contributed by atoms with Crippen molar-refractivity contribution in [1.29, 1.82) is 0 Å². The van der Waals surface area contributed by atoms with E-state index >= 15 is 0 Å². The largest absolute Gasteiger partial charge is 0.312 e. The Bertz CT molecular complexity index is 142. The van der Waals surface area contributed by atoms with Crippen molar-refractivity contribution < 1.29 is 0 Å². The molecule has 0 spiro atoms. The predicted octanol–water partition coefficient (Wildman–Crippen LogP) is 3.45. The summed E-state index contributed by atoms with van der Waals surface area (Å²) in [4.78, 5) is 0. The fourth-order valence-electron chi connectivity index (χ4n) is 1.22. The quantitative estimate of drug-likeness (QED) is 0.707. The topological polar surface area (TPSA) is 12.0 Å². The summed E-state index contributed by atoms with van der Waals surface area (Å²) in [5, 5.41) is 3.58. The first-order valence-corrected chi connectivity index (χ1v) is 5.44. The van der Waals surface area contributed by atoms with Crippen LogP contribution in [0.5, 0.6) is 0 Å². The standard InChI is InChI=1S/C12H27N/c1-8-10(2)12(6,7)9-13-11(3,4)5/h10,13H,8-9H2,1-7H3. The summed E-state index contributed by atoms with van der Waals surface area (Å²) < 4.78 is 0. The Hall–Kier alpha value is -0.0400. The Morgan fingerprint density at radius 3 is 1.85 bits per heavy atom. The zero-order chi connectivity index (χ0) is 10.7. The summed E-state index contributed by atoms with van der Waals surface area (Å²) in [6.07, 6.45) is 1.26. The SMILES string of the molecule is CCC(C)C(C)(C)CNC(C)(C)C. The van der Waals surface area contributed by atoms with Gasteiger partial charge < -0.3 is 5.32 Å². The Labute approximate surface area is 84.3 Å².